The molecule has 3 aromatic carbocycles. The molecular formula is C21H20N4O3. The number of hydrogen-bond donors (Lipinski definition) is 2. The van der Waals surface area contributed by atoms with E-state index in [1.807, 2.05) is 49.3 Å². The van der Waals surface area contributed by atoms with Gasteiger partial charge in [-0.3, -0.25) is 14.9 Å². The van der Waals surface area contributed by atoms with Crippen LogP contribution in [-0.2, 0) is 0 Å². The van der Waals surface area contributed by atoms with Crippen molar-refractivity contribution in [2.45, 2.75) is 0 Å². The van der Waals surface area contributed by atoms with E-state index in [9.17, 15) is 14.9 Å². The van der Waals surface area contributed by atoms with E-state index in [0.29, 0.717) is 22.6 Å². The molecule has 1 amide bonds. The summed E-state index contributed by atoms with van der Waals surface area (Å²) in [5, 5.41) is 16.7. The van der Waals surface area contributed by atoms with Crippen molar-refractivity contribution in [3.63, 3.8) is 0 Å². The van der Waals surface area contributed by atoms with E-state index in [2.05, 4.69) is 10.6 Å². The highest BCUT2D eigenvalue weighted by molar-refractivity contribution is 6.05. The molecule has 3 aromatic rings. The van der Waals surface area contributed by atoms with Gasteiger partial charge in [-0.2, -0.15) is 0 Å². The van der Waals surface area contributed by atoms with Crippen molar-refractivity contribution in [1.82, 2.24) is 0 Å². The predicted molar refractivity (Wildman–Crippen MR) is 112 cm³/mol. The SMILES string of the molecule is CN(C)c1ccc(NC(=O)c2cccc(Nc3ccc([N+](=O)[O-])cc3)c2)cc1. The first-order valence-electron chi connectivity index (χ1n) is 8.63. The van der Waals surface area contributed by atoms with Gasteiger partial charge in [0.05, 0.1) is 4.92 Å². The molecule has 2 N–H and O–H groups in total. The highest BCUT2D eigenvalue weighted by Crippen LogP contribution is 2.22. The molecule has 0 radical (unpaired) electrons. The Balaban J connectivity index is 1.69. The third kappa shape index (κ3) is 4.64. The monoisotopic (exact) mass is 376 g/mol. The van der Waals surface area contributed by atoms with E-state index in [-0.39, 0.29) is 11.6 Å². The molecule has 0 heterocycles. The number of nitrogens with one attached hydrogen (secondary N) is 2. The first-order valence-corrected chi connectivity index (χ1v) is 8.63. The van der Waals surface area contributed by atoms with Gasteiger partial charge in [-0.1, -0.05) is 6.07 Å². The molecule has 0 aliphatic heterocycles. The Bertz CT molecular complexity index is 983. The summed E-state index contributed by atoms with van der Waals surface area (Å²) in [6.45, 7) is 0. The van der Waals surface area contributed by atoms with Crippen molar-refractivity contribution in [3.8, 4) is 0 Å². The highest BCUT2D eigenvalue weighted by atomic mass is 16.6. The molecule has 0 saturated heterocycles. The Kier molecular flexibility index (Phi) is 5.55. The van der Waals surface area contributed by atoms with Gasteiger partial charge in [0, 0.05) is 54.5 Å². The number of anilines is 4. The maximum atomic E-state index is 12.5. The molecule has 7 heteroatoms. The number of carbonyl (C=O) groups excluding carboxylic acids is 1. The number of nitrogens with zero attached hydrogens (tertiary/aromatic N) is 2. The topological polar surface area (TPSA) is 87.5 Å². The van der Waals surface area contributed by atoms with Crippen LogP contribution in [0.4, 0.5) is 28.4 Å². The van der Waals surface area contributed by atoms with E-state index in [0.717, 1.165) is 5.69 Å². The Morgan fingerprint density at radius 1 is 0.893 bits per heavy atom. The van der Waals surface area contributed by atoms with Crippen LogP contribution in [0, 0.1) is 10.1 Å². The molecule has 28 heavy (non-hydrogen) atoms. The lowest BCUT2D eigenvalue weighted by Crippen LogP contribution is -2.12. The lowest BCUT2D eigenvalue weighted by atomic mass is 10.1. The second-order valence-electron chi connectivity index (χ2n) is 6.41. The Hall–Kier alpha value is -3.87. The van der Waals surface area contributed by atoms with Crippen molar-refractivity contribution in [2.75, 3.05) is 29.6 Å². The summed E-state index contributed by atoms with van der Waals surface area (Å²) in [5.41, 5.74) is 3.70. The Morgan fingerprint density at radius 2 is 1.54 bits per heavy atom. The van der Waals surface area contributed by atoms with E-state index in [1.54, 1.807) is 30.3 Å². The fourth-order valence-corrected chi connectivity index (χ4v) is 2.62. The predicted octanol–water partition coefficient (Wildman–Crippen LogP) is 4.66. The Labute approximate surface area is 162 Å². The van der Waals surface area contributed by atoms with Gasteiger partial charge in [-0.05, 0) is 54.6 Å². The maximum absolute atomic E-state index is 12.5. The molecule has 0 spiro atoms. The largest absolute Gasteiger partial charge is 0.378 e. The fourth-order valence-electron chi connectivity index (χ4n) is 2.62. The summed E-state index contributed by atoms with van der Waals surface area (Å²) in [7, 11) is 3.91. The van der Waals surface area contributed by atoms with Gasteiger partial charge in [0.2, 0.25) is 0 Å². The number of benzene rings is 3. The van der Waals surface area contributed by atoms with Crippen LogP contribution in [0.15, 0.2) is 72.8 Å². The molecule has 7 nitrogen and oxygen atoms in total. The van der Waals surface area contributed by atoms with Crippen LogP contribution in [0.5, 0.6) is 0 Å². The smallest absolute Gasteiger partial charge is 0.269 e. The van der Waals surface area contributed by atoms with Crippen molar-refractivity contribution in [3.05, 3.63) is 88.5 Å². The molecule has 0 saturated carbocycles. The van der Waals surface area contributed by atoms with Crippen molar-refractivity contribution >= 4 is 34.3 Å². The molecular weight excluding hydrogens is 356 g/mol. The van der Waals surface area contributed by atoms with Gasteiger partial charge in [-0.25, -0.2) is 0 Å². The highest BCUT2D eigenvalue weighted by Gasteiger charge is 2.08. The minimum absolute atomic E-state index is 0.0268. The van der Waals surface area contributed by atoms with Crippen LogP contribution in [-0.4, -0.2) is 24.9 Å². The third-order valence-corrected chi connectivity index (χ3v) is 4.13. The minimum atomic E-state index is -0.445. The second-order valence-corrected chi connectivity index (χ2v) is 6.41. The fraction of sp³-hybridized carbons (Fsp3) is 0.0952. The van der Waals surface area contributed by atoms with Gasteiger partial charge in [0.1, 0.15) is 0 Å². The standard InChI is InChI=1S/C21H20N4O3/c1-24(2)19-10-6-17(7-11-19)23-21(26)15-4-3-5-18(14-15)22-16-8-12-20(13-9-16)25(27)28/h3-14,22H,1-2H3,(H,23,26). The molecule has 142 valence electrons. The summed E-state index contributed by atoms with van der Waals surface area (Å²) in [6, 6.07) is 20.7. The van der Waals surface area contributed by atoms with E-state index < -0.39 is 4.92 Å². The van der Waals surface area contributed by atoms with Crippen LogP contribution in [0.25, 0.3) is 0 Å². The van der Waals surface area contributed by atoms with Crippen LogP contribution < -0.4 is 15.5 Å². The molecule has 0 aliphatic carbocycles. The summed E-state index contributed by atoms with van der Waals surface area (Å²) < 4.78 is 0. The average Bonchev–Trinajstić information content (AvgIpc) is 2.69. The summed E-state index contributed by atoms with van der Waals surface area (Å²) in [6.07, 6.45) is 0. The molecule has 0 unspecified atom stereocenters. The number of non-ortho nitro benzene ring substituents is 1. The van der Waals surface area contributed by atoms with Gasteiger partial charge in [-0.15, -0.1) is 0 Å². The average molecular weight is 376 g/mol. The lowest BCUT2D eigenvalue weighted by molar-refractivity contribution is -0.384. The van der Waals surface area contributed by atoms with E-state index in [4.69, 9.17) is 0 Å². The zero-order chi connectivity index (χ0) is 20.1. The maximum Gasteiger partial charge on any atom is 0.269 e. The van der Waals surface area contributed by atoms with Crippen molar-refractivity contribution in [2.24, 2.45) is 0 Å². The molecule has 0 aromatic heterocycles. The molecule has 3 rings (SSSR count). The number of carbonyl (C=O) groups is 1. The van der Waals surface area contributed by atoms with Crippen molar-refractivity contribution < 1.29 is 9.72 Å². The quantitative estimate of drug-likeness (QED) is 0.483. The van der Waals surface area contributed by atoms with Gasteiger partial charge >= 0.3 is 0 Å². The van der Waals surface area contributed by atoms with Gasteiger partial charge in [0.25, 0.3) is 11.6 Å². The first-order chi connectivity index (χ1) is 13.4. The molecule has 0 aliphatic rings. The Morgan fingerprint density at radius 3 is 2.14 bits per heavy atom. The zero-order valence-electron chi connectivity index (χ0n) is 15.5. The summed E-state index contributed by atoms with van der Waals surface area (Å²) >= 11 is 0. The van der Waals surface area contributed by atoms with Gasteiger partial charge < -0.3 is 15.5 Å². The van der Waals surface area contributed by atoms with Crippen LogP contribution >= 0.6 is 0 Å². The minimum Gasteiger partial charge on any atom is -0.378 e. The van der Waals surface area contributed by atoms with E-state index >= 15 is 0 Å². The van der Waals surface area contributed by atoms with E-state index in [1.165, 1.54) is 12.1 Å². The molecule has 0 bridgehead atoms. The number of nitro benzene ring substituents is 1. The molecule has 0 atom stereocenters. The zero-order valence-corrected chi connectivity index (χ0v) is 15.5. The van der Waals surface area contributed by atoms with Gasteiger partial charge in [0.15, 0.2) is 0 Å². The number of amides is 1. The second kappa shape index (κ2) is 8.22. The lowest BCUT2D eigenvalue weighted by Gasteiger charge is -2.13. The third-order valence-electron chi connectivity index (χ3n) is 4.13. The normalized spacial score (nSPS) is 10.2. The van der Waals surface area contributed by atoms with Crippen LogP contribution in [0.1, 0.15) is 10.4 Å². The number of nitro groups is 1. The molecule has 0 fully saturated rings. The number of hydrogen-bond acceptors (Lipinski definition) is 5. The summed E-state index contributed by atoms with van der Waals surface area (Å²) in [4.78, 5) is 24.8. The number of rotatable bonds is 6. The van der Waals surface area contributed by atoms with Crippen molar-refractivity contribution in [1.29, 1.82) is 0 Å². The summed E-state index contributed by atoms with van der Waals surface area (Å²) in [5.74, 6) is -0.218. The van der Waals surface area contributed by atoms with Crippen LogP contribution in [0.2, 0.25) is 0 Å². The van der Waals surface area contributed by atoms with Crippen LogP contribution in [0.3, 0.4) is 0 Å². The first kappa shape index (κ1) is 18.9.